The number of nitrogens with one attached hydrogen (secondary N) is 2. The van der Waals surface area contributed by atoms with Gasteiger partial charge in [0.05, 0.1) is 5.69 Å². The standard InChI is InChI=1S/C18H26N8/c1-5-19-18(20-10-9-15-13(2)24-25(4)14(15)3)21-12-17-23-22-16-8-6-7-11-26(16)17/h6-8,11H,5,9-10,12H2,1-4H3,(H2,19,20,21). The Morgan fingerprint density at radius 2 is 2.04 bits per heavy atom. The van der Waals surface area contributed by atoms with E-state index in [-0.39, 0.29) is 0 Å². The Bertz CT molecular complexity index is 905. The lowest BCUT2D eigenvalue weighted by molar-refractivity contribution is 0.728. The molecule has 8 nitrogen and oxygen atoms in total. The van der Waals surface area contributed by atoms with Crippen LogP contribution in [0.4, 0.5) is 0 Å². The van der Waals surface area contributed by atoms with Gasteiger partial charge in [-0.15, -0.1) is 10.2 Å². The Labute approximate surface area is 153 Å². The summed E-state index contributed by atoms with van der Waals surface area (Å²) in [6.07, 6.45) is 2.86. The highest BCUT2D eigenvalue weighted by Gasteiger charge is 2.09. The second-order valence-electron chi connectivity index (χ2n) is 6.19. The van der Waals surface area contributed by atoms with Gasteiger partial charge in [-0.05, 0) is 44.9 Å². The zero-order valence-electron chi connectivity index (χ0n) is 15.8. The van der Waals surface area contributed by atoms with Gasteiger partial charge < -0.3 is 10.6 Å². The maximum Gasteiger partial charge on any atom is 0.191 e. The van der Waals surface area contributed by atoms with Crippen LogP contribution in [0, 0.1) is 13.8 Å². The van der Waals surface area contributed by atoms with E-state index in [9.17, 15) is 0 Å². The third-order valence-corrected chi connectivity index (χ3v) is 4.43. The zero-order chi connectivity index (χ0) is 18.5. The number of aliphatic imine (C=N–C) groups is 1. The van der Waals surface area contributed by atoms with Crippen molar-refractivity contribution in [3.05, 3.63) is 47.2 Å². The average Bonchev–Trinajstić information content (AvgIpc) is 3.15. The number of pyridine rings is 1. The first-order valence-electron chi connectivity index (χ1n) is 8.90. The van der Waals surface area contributed by atoms with E-state index in [1.54, 1.807) is 0 Å². The molecule has 0 amide bonds. The van der Waals surface area contributed by atoms with Gasteiger partial charge in [0.1, 0.15) is 6.54 Å². The van der Waals surface area contributed by atoms with E-state index in [0.717, 1.165) is 42.6 Å². The Morgan fingerprint density at radius 1 is 1.19 bits per heavy atom. The molecule has 0 aromatic carbocycles. The first-order chi connectivity index (χ1) is 12.6. The SMILES string of the molecule is CCNC(=NCc1nnc2ccccn12)NCCc1c(C)nn(C)c1C. The summed E-state index contributed by atoms with van der Waals surface area (Å²) >= 11 is 0. The van der Waals surface area contributed by atoms with Crippen LogP contribution in [0.1, 0.15) is 29.7 Å². The first kappa shape index (κ1) is 17.9. The zero-order valence-corrected chi connectivity index (χ0v) is 15.8. The number of rotatable bonds is 6. The fourth-order valence-electron chi connectivity index (χ4n) is 2.98. The Morgan fingerprint density at radius 3 is 2.77 bits per heavy atom. The van der Waals surface area contributed by atoms with Crippen molar-refractivity contribution in [1.82, 2.24) is 35.0 Å². The summed E-state index contributed by atoms with van der Waals surface area (Å²) in [7, 11) is 1.98. The fraction of sp³-hybridized carbons (Fsp3) is 0.444. The summed E-state index contributed by atoms with van der Waals surface area (Å²) in [5.74, 6) is 1.59. The van der Waals surface area contributed by atoms with Crippen molar-refractivity contribution in [3.63, 3.8) is 0 Å². The van der Waals surface area contributed by atoms with Gasteiger partial charge in [-0.2, -0.15) is 5.10 Å². The molecule has 2 N–H and O–H groups in total. The smallest absolute Gasteiger partial charge is 0.191 e. The summed E-state index contributed by atoms with van der Waals surface area (Å²) in [5, 5.41) is 19.5. The average molecular weight is 354 g/mol. The van der Waals surface area contributed by atoms with E-state index in [0.29, 0.717) is 6.54 Å². The number of hydrogen-bond donors (Lipinski definition) is 2. The summed E-state index contributed by atoms with van der Waals surface area (Å²) in [6, 6.07) is 5.85. The van der Waals surface area contributed by atoms with Crippen LogP contribution >= 0.6 is 0 Å². The minimum absolute atomic E-state index is 0.464. The van der Waals surface area contributed by atoms with E-state index in [1.807, 2.05) is 40.5 Å². The number of hydrogen-bond acceptors (Lipinski definition) is 4. The Balaban J connectivity index is 1.64. The van der Waals surface area contributed by atoms with E-state index in [4.69, 9.17) is 0 Å². The highest BCUT2D eigenvalue weighted by atomic mass is 15.3. The third kappa shape index (κ3) is 3.84. The van der Waals surface area contributed by atoms with E-state index >= 15 is 0 Å². The summed E-state index contributed by atoms with van der Waals surface area (Å²) in [4.78, 5) is 4.64. The monoisotopic (exact) mass is 354 g/mol. The predicted octanol–water partition coefficient (Wildman–Crippen LogP) is 1.38. The van der Waals surface area contributed by atoms with Crippen LogP contribution in [-0.2, 0) is 20.0 Å². The fourth-order valence-corrected chi connectivity index (χ4v) is 2.98. The number of aromatic nitrogens is 5. The molecule has 3 heterocycles. The molecule has 8 heteroatoms. The summed E-state index contributed by atoms with van der Waals surface area (Å²) in [5.41, 5.74) is 4.42. The normalized spacial score (nSPS) is 11.9. The summed E-state index contributed by atoms with van der Waals surface area (Å²) in [6.45, 7) is 8.27. The largest absolute Gasteiger partial charge is 0.357 e. The lowest BCUT2D eigenvalue weighted by Crippen LogP contribution is -2.38. The lowest BCUT2D eigenvalue weighted by atomic mass is 10.1. The Hall–Kier alpha value is -2.90. The van der Waals surface area contributed by atoms with Crippen LogP contribution in [-0.4, -0.2) is 43.4 Å². The molecular formula is C18H26N8. The molecule has 26 heavy (non-hydrogen) atoms. The van der Waals surface area contributed by atoms with Gasteiger partial charge in [0, 0.05) is 32.0 Å². The lowest BCUT2D eigenvalue weighted by Gasteiger charge is -2.11. The van der Waals surface area contributed by atoms with Gasteiger partial charge >= 0.3 is 0 Å². The van der Waals surface area contributed by atoms with Gasteiger partial charge in [0.15, 0.2) is 17.4 Å². The maximum absolute atomic E-state index is 4.64. The topological polar surface area (TPSA) is 84.4 Å². The van der Waals surface area contributed by atoms with Gasteiger partial charge in [0.25, 0.3) is 0 Å². The predicted molar refractivity (Wildman–Crippen MR) is 102 cm³/mol. The van der Waals surface area contributed by atoms with Crippen molar-refractivity contribution < 1.29 is 0 Å². The van der Waals surface area contributed by atoms with Crippen LogP contribution in [0.3, 0.4) is 0 Å². The van der Waals surface area contributed by atoms with Gasteiger partial charge in [-0.3, -0.25) is 9.08 Å². The Kier molecular flexibility index (Phi) is 5.50. The number of guanidine groups is 1. The quantitative estimate of drug-likeness (QED) is 0.516. The summed E-state index contributed by atoms with van der Waals surface area (Å²) < 4.78 is 3.88. The molecule has 0 aliphatic rings. The van der Waals surface area contributed by atoms with Crippen LogP contribution in [0.25, 0.3) is 5.65 Å². The van der Waals surface area contributed by atoms with E-state index < -0.39 is 0 Å². The number of fused-ring (bicyclic) bond motifs is 1. The molecule has 0 bridgehead atoms. The van der Waals surface area contributed by atoms with Gasteiger partial charge in [-0.25, -0.2) is 4.99 Å². The first-order valence-corrected chi connectivity index (χ1v) is 8.90. The third-order valence-electron chi connectivity index (χ3n) is 4.43. The molecule has 138 valence electrons. The molecular weight excluding hydrogens is 328 g/mol. The van der Waals surface area contributed by atoms with Crippen molar-refractivity contribution in [3.8, 4) is 0 Å². The highest BCUT2D eigenvalue weighted by Crippen LogP contribution is 2.11. The molecule has 0 fully saturated rings. The molecule has 3 aromatic rings. The molecule has 3 aromatic heterocycles. The molecule has 0 unspecified atom stereocenters. The minimum Gasteiger partial charge on any atom is -0.357 e. The van der Waals surface area contributed by atoms with E-state index in [2.05, 4.69) is 51.7 Å². The van der Waals surface area contributed by atoms with Gasteiger partial charge in [0.2, 0.25) is 0 Å². The van der Waals surface area contributed by atoms with E-state index in [1.165, 1.54) is 11.3 Å². The van der Waals surface area contributed by atoms with Crippen molar-refractivity contribution in [2.45, 2.75) is 33.7 Å². The van der Waals surface area contributed by atoms with Crippen molar-refractivity contribution in [1.29, 1.82) is 0 Å². The molecule has 3 rings (SSSR count). The molecule has 0 aliphatic carbocycles. The minimum atomic E-state index is 0.464. The van der Waals surface area contributed by atoms with Crippen molar-refractivity contribution in [2.24, 2.45) is 12.0 Å². The van der Waals surface area contributed by atoms with Gasteiger partial charge in [-0.1, -0.05) is 6.07 Å². The van der Waals surface area contributed by atoms with Crippen LogP contribution in [0.5, 0.6) is 0 Å². The number of nitrogens with zero attached hydrogens (tertiary/aromatic N) is 6. The van der Waals surface area contributed by atoms with Crippen molar-refractivity contribution in [2.75, 3.05) is 13.1 Å². The molecule has 0 saturated heterocycles. The van der Waals surface area contributed by atoms with Crippen LogP contribution in [0.15, 0.2) is 29.4 Å². The number of aryl methyl sites for hydroxylation is 2. The van der Waals surface area contributed by atoms with Crippen molar-refractivity contribution >= 4 is 11.6 Å². The molecule has 0 radical (unpaired) electrons. The molecule has 0 spiro atoms. The van der Waals surface area contributed by atoms with Crippen LogP contribution < -0.4 is 10.6 Å². The second kappa shape index (κ2) is 7.99. The maximum atomic E-state index is 4.64. The highest BCUT2D eigenvalue weighted by molar-refractivity contribution is 5.79. The molecule has 0 saturated carbocycles. The molecule has 0 atom stereocenters. The molecule has 0 aliphatic heterocycles. The second-order valence-corrected chi connectivity index (χ2v) is 6.19. The van der Waals surface area contributed by atoms with Crippen LogP contribution in [0.2, 0.25) is 0 Å².